The van der Waals surface area contributed by atoms with Gasteiger partial charge in [-0.1, -0.05) is 24.2 Å². The molecule has 2 aliphatic heterocycles. The summed E-state index contributed by atoms with van der Waals surface area (Å²) in [6, 6.07) is 6.64. The minimum absolute atomic E-state index is 0.146. The Hall–Kier alpha value is -2.00. The zero-order chi connectivity index (χ0) is 21.6. The van der Waals surface area contributed by atoms with Crippen molar-refractivity contribution in [3.05, 3.63) is 35.6 Å². The lowest BCUT2D eigenvalue weighted by Crippen LogP contribution is -2.39. The molecule has 2 atom stereocenters. The van der Waals surface area contributed by atoms with Crippen LogP contribution in [0.1, 0.15) is 31.7 Å². The summed E-state index contributed by atoms with van der Waals surface area (Å²) in [6.07, 6.45) is 2.44. The van der Waals surface area contributed by atoms with E-state index in [9.17, 15) is 9.50 Å². The number of aromatic nitrogens is 1. The summed E-state index contributed by atoms with van der Waals surface area (Å²) in [4.78, 5) is 4.29. The molecule has 0 bridgehead atoms. The highest BCUT2D eigenvalue weighted by Crippen LogP contribution is 2.34. The second-order valence-electron chi connectivity index (χ2n) is 8.29. The molecule has 4 rings (SSSR count). The molecule has 3 heterocycles. The highest BCUT2D eigenvalue weighted by Gasteiger charge is 2.29. The minimum atomic E-state index is -0.440. The molecule has 7 nitrogen and oxygen atoms in total. The number of hydrogen-bond donors (Lipinski definition) is 1. The van der Waals surface area contributed by atoms with Crippen molar-refractivity contribution in [2.75, 3.05) is 50.9 Å². The van der Waals surface area contributed by atoms with Crippen molar-refractivity contribution >= 4 is 5.88 Å². The minimum Gasteiger partial charge on any atom is -0.392 e. The van der Waals surface area contributed by atoms with Crippen molar-refractivity contribution in [3.63, 3.8) is 0 Å². The average Bonchev–Trinajstić information content (AvgIpc) is 3.45. The number of rotatable bonds is 9. The largest absolute Gasteiger partial charge is 0.392 e. The number of aliphatic hydroxyl groups excluding tert-OH is 1. The number of halogens is 1. The van der Waals surface area contributed by atoms with Gasteiger partial charge in [0, 0.05) is 44.9 Å². The van der Waals surface area contributed by atoms with Crippen molar-refractivity contribution < 1.29 is 23.5 Å². The summed E-state index contributed by atoms with van der Waals surface area (Å²) in [7, 11) is 0. The highest BCUT2D eigenvalue weighted by atomic mass is 19.1. The Kier molecular flexibility index (Phi) is 7.55. The van der Waals surface area contributed by atoms with E-state index in [4.69, 9.17) is 14.0 Å². The van der Waals surface area contributed by atoms with E-state index in [1.54, 1.807) is 18.2 Å². The van der Waals surface area contributed by atoms with Crippen LogP contribution in [0.2, 0.25) is 0 Å². The van der Waals surface area contributed by atoms with Crippen molar-refractivity contribution in [2.24, 2.45) is 0 Å². The maximum absolute atomic E-state index is 14.6. The topological polar surface area (TPSA) is 71.2 Å². The first-order valence-electron chi connectivity index (χ1n) is 11.2. The predicted octanol–water partition coefficient (Wildman–Crippen LogP) is 3.07. The Bertz CT molecular complexity index is 834. The third kappa shape index (κ3) is 5.44. The molecule has 0 saturated carbocycles. The van der Waals surface area contributed by atoms with Crippen LogP contribution in [-0.4, -0.2) is 73.4 Å². The van der Waals surface area contributed by atoms with E-state index in [2.05, 4.69) is 15.0 Å². The van der Waals surface area contributed by atoms with Gasteiger partial charge in [0.2, 0.25) is 5.88 Å². The molecule has 0 radical (unpaired) electrons. The quantitative estimate of drug-likeness (QED) is 0.652. The van der Waals surface area contributed by atoms with Gasteiger partial charge in [-0.05, 0) is 31.4 Å². The van der Waals surface area contributed by atoms with Crippen molar-refractivity contribution in [1.29, 1.82) is 0 Å². The number of nitrogens with zero attached hydrogens (tertiary/aromatic N) is 3. The first-order valence-corrected chi connectivity index (χ1v) is 11.2. The molecule has 2 fully saturated rings. The van der Waals surface area contributed by atoms with Gasteiger partial charge in [0.1, 0.15) is 11.5 Å². The lowest BCUT2D eigenvalue weighted by atomic mass is 10.1. The maximum atomic E-state index is 14.6. The van der Waals surface area contributed by atoms with Gasteiger partial charge >= 0.3 is 0 Å². The van der Waals surface area contributed by atoms with E-state index in [1.807, 2.05) is 6.92 Å². The fraction of sp³-hybridized carbons (Fsp3) is 0.609. The van der Waals surface area contributed by atoms with E-state index in [0.29, 0.717) is 69.5 Å². The van der Waals surface area contributed by atoms with E-state index >= 15 is 0 Å². The Morgan fingerprint density at radius 2 is 2.06 bits per heavy atom. The van der Waals surface area contributed by atoms with Gasteiger partial charge in [-0.2, -0.15) is 0 Å². The van der Waals surface area contributed by atoms with E-state index in [-0.39, 0.29) is 11.9 Å². The molecule has 31 heavy (non-hydrogen) atoms. The smallest absolute Gasteiger partial charge is 0.232 e. The molecule has 1 aromatic carbocycles. The number of aliphatic hydroxyl groups is 1. The Labute approximate surface area is 182 Å². The zero-order valence-electron chi connectivity index (χ0n) is 18.1. The molecule has 170 valence electrons. The molecule has 1 N–H and O–H groups in total. The van der Waals surface area contributed by atoms with Crippen LogP contribution in [0.3, 0.4) is 0 Å². The molecule has 1 aromatic heterocycles. The average molecular weight is 434 g/mol. The molecule has 2 unspecified atom stereocenters. The Morgan fingerprint density at radius 3 is 2.77 bits per heavy atom. The summed E-state index contributed by atoms with van der Waals surface area (Å²) in [5.74, 6) is 0.328. The SMILES string of the molecule is CCC(O)CN(Cc1c(-c2ccccc2F)noc1N1CCOCC1)CC1CCCO1. The van der Waals surface area contributed by atoms with E-state index in [1.165, 1.54) is 6.07 Å². The number of ether oxygens (including phenoxy) is 2. The zero-order valence-corrected chi connectivity index (χ0v) is 18.1. The molecule has 2 saturated heterocycles. The summed E-state index contributed by atoms with van der Waals surface area (Å²) >= 11 is 0. The van der Waals surface area contributed by atoms with Crippen LogP contribution >= 0.6 is 0 Å². The molecule has 0 spiro atoms. The molecular formula is C23H32FN3O4. The van der Waals surface area contributed by atoms with Gasteiger partial charge in [0.15, 0.2) is 0 Å². The van der Waals surface area contributed by atoms with E-state index < -0.39 is 6.10 Å². The lowest BCUT2D eigenvalue weighted by molar-refractivity contribution is 0.0454. The predicted molar refractivity (Wildman–Crippen MR) is 115 cm³/mol. The fourth-order valence-corrected chi connectivity index (χ4v) is 4.25. The lowest BCUT2D eigenvalue weighted by Gasteiger charge is -2.30. The number of hydrogen-bond acceptors (Lipinski definition) is 7. The van der Waals surface area contributed by atoms with E-state index in [0.717, 1.165) is 25.0 Å². The molecule has 0 aliphatic carbocycles. The molecular weight excluding hydrogens is 401 g/mol. The van der Waals surface area contributed by atoms with Crippen LogP contribution in [0, 0.1) is 5.82 Å². The van der Waals surface area contributed by atoms with Crippen LogP contribution in [0.4, 0.5) is 10.3 Å². The monoisotopic (exact) mass is 433 g/mol. The van der Waals surface area contributed by atoms with Gasteiger partial charge in [0.05, 0.1) is 31.0 Å². The van der Waals surface area contributed by atoms with Crippen LogP contribution in [0.15, 0.2) is 28.8 Å². The number of benzene rings is 1. The molecule has 2 aromatic rings. The van der Waals surface area contributed by atoms with Crippen molar-refractivity contribution in [1.82, 2.24) is 10.1 Å². The Morgan fingerprint density at radius 1 is 1.26 bits per heavy atom. The summed E-state index contributed by atoms with van der Waals surface area (Å²) in [5.41, 5.74) is 1.78. The second-order valence-corrected chi connectivity index (χ2v) is 8.29. The number of anilines is 1. The van der Waals surface area contributed by atoms with Crippen molar-refractivity contribution in [3.8, 4) is 11.3 Å². The maximum Gasteiger partial charge on any atom is 0.232 e. The normalized spacial score (nSPS) is 20.5. The first kappa shape index (κ1) is 22.2. The Balaban J connectivity index is 1.66. The van der Waals surface area contributed by atoms with Gasteiger partial charge < -0.3 is 24.0 Å². The van der Waals surface area contributed by atoms with Gasteiger partial charge in [-0.25, -0.2) is 4.39 Å². The van der Waals surface area contributed by atoms with Gasteiger partial charge in [-0.3, -0.25) is 4.90 Å². The first-order chi connectivity index (χ1) is 15.2. The molecule has 8 heteroatoms. The molecule has 2 aliphatic rings. The summed E-state index contributed by atoms with van der Waals surface area (Å²) < 4.78 is 31.8. The van der Waals surface area contributed by atoms with Crippen LogP contribution in [0.25, 0.3) is 11.3 Å². The highest BCUT2D eigenvalue weighted by molar-refractivity contribution is 5.68. The summed E-state index contributed by atoms with van der Waals surface area (Å²) in [5, 5.41) is 14.7. The van der Waals surface area contributed by atoms with Crippen LogP contribution in [0.5, 0.6) is 0 Å². The standard InChI is InChI=1S/C23H32FN3O4/c1-2-17(28)14-26(15-18-6-5-11-30-18)16-20-22(19-7-3-4-8-21(19)24)25-31-23(20)27-9-12-29-13-10-27/h3-4,7-8,17-18,28H,2,5-6,9-16H2,1H3. The number of morpholine rings is 1. The second kappa shape index (κ2) is 10.5. The third-order valence-corrected chi connectivity index (χ3v) is 6.00. The van der Waals surface area contributed by atoms with Gasteiger partial charge in [0.25, 0.3) is 0 Å². The fourth-order valence-electron chi connectivity index (χ4n) is 4.25. The third-order valence-electron chi connectivity index (χ3n) is 6.00. The molecule has 0 amide bonds. The van der Waals surface area contributed by atoms with Gasteiger partial charge in [-0.15, -0.1) is 0 Å². The van der Waals surface area contributed by atoms with Crippen molar-refractivity contribution in [2.45, 2.75) is 44.9 Å². The van der Waals surface area contributed by atoms with Crippen LogP contribution in [-0.2, 0) is 16.0 Å². The summed E-state index contributed by atoms with van der Waals surface area (Å²) in [6.45, 7) is 7.09. The van der Waals surface area contributed by atoms with Crippen LogP contribution < -0.4 is 4.90 Å².